The Bertz CT molecular complexity index is 514. The van der Waals surface area contributed by atoms with E-state index in [-0.39, 0.29) is 5.91 Å². The first-order valence-corrected chi connectivity index (χ1v) is 5.52. The maximum atomic E-state index is 11.5. The lowest BCUT2D eigenvalue weighted by Crippen LogP contribution is -2.43. The molecule has 1 aliphatic rings. The number of hydrogen-bond acceptors (Lipinski definition) is 3. The van der Waals surface area contributed by atoms with Gasteiger partial charge in [0.1, 0.15) is 0 Å². The standard InChI is InChI=1S/C13H13N3O/c1-2-16-13(17)7-6-12(15-16)11-5-3-4-10(8-11)9-14/h3-6,8,15H,2,7H2,1H3. The Hall–Kier alpha value is -2.28. The number of nitrogens with zero attached hydrogens (tertiary/aromatic N) is 2. The molecule has 1 heterocycles. The minimum atomic E-state index is 0.0627. The van der Waals surface area contributed by atoms with Gasteiger partial charge in [0.2, 0.25) is 5.91 Å². The van der Waals surface area contributed by atoms with Crippen molar-refractivity contribution in [1.29, 1.82) is 5.26 Å². The van der Waals surface area contributed by atoms with Crippen LogP contribution in [0.4, 0.5) is 0 Å². The molecule has 1 N–H and O–H groups in total. The van der Waals surface area contributed by atoms with Crippen LogP contribution in [-0.2, 0) is 4.79 Å². The molecule has 1 aromatic carbocycles. The van der Waals surface area contributed by atoms with Gasteiger partial charge >= 0.3 is 0 Å². The molecule has 0 saturated heterocycles. The quantitative estimate of drug-likeness (QED) is 0.835. The summed E-state index contributed by atoms with van der Waals surface area (Å²) in [6.07, 6.45) is 2.25. The van der Waals surface area contributed by atoms with Gasteiger partial charge in [0.15, 0.2) is 0 Å². The molecule has 0 aromatic heterocycles. The highest BCUT2D eigenvalue weighted by Crippen LogP contribution is 2.18. The molecule has 4 nitrogen and oxygen atoms in total. The minimum absolute atomic E-state index is 0.0627. The Labute approximate surface area is 100 Å². The Morgan fingerprint density at radius 3 is 3.06 bits per heavy atom. The molecule has 0 saturated carbocycles. The summed E-state index contributed by atoms with van der Waals surface area (Å²) in [7, 11) is 0. The van der Waals surface area contributed by atoms with Crippen LogP contribution in [-0.4, -0.2) is 17.5 Å². The van der Waals surface area contributed by atoms with E-state index in [1.165, 1.54) is 0 Å². The van der Waals surface area contributed by atoms with Crippen molar-refractivity contribution in [2.75, 3.05) is 6.54 Å². The second-order valence-corrected chi connectivity index (χ2v) is 3.76. The number of nitrogens with one attached hydrogen (secondary N) is 1. The molecule has 0 fully saturated rings. The molecule has 0 unspecified atom stereocenters. The highest BCUT2D eigenvalue weighted by atomic mass is 16.2. The van der Waals surface area contributed by atoms with Gasteiger partial charge in [-0.25, -0.2) is 0 Å². The van der Waals surface area contributed by atoms with Gasteiger partial charge in [-0.15, -0.1) is 0 Å². The molecule has 2 rings (SSSR count). The first kappa shape index (κ1) is 11.2. The van der Waals surface area contributed by atoms with Crippen LogP contribution in [0.1, 0.15) is 24.5 Å². The smallest absolute Gasteiger partial charge is 0.244 e. The fraction of sp³-hybridized carbons (Fsp3) is 0.231. The zero-order chi connectivity index (χ0) is 12.3. The number of benzene rings is 1. The molecular formula is C13H13N3O. The molecular weight excluding hydrogens is 214 g/mol. The topological polar surface area (TPSA) is 56.1 Å². The van der Waals surface area contributed by atoms with E-state index in [1.54, 1.807) is 11.1 Å². The van der Waals surface area contributed by atoms with Crippen LogP contribution in [0.5, 0.6) is 0 Å². The highest BCUT2D eigenvalue weighted by molar-refractivity contribution is 5.83. The van der Waals surface area contributed by atoms with Crippen LogP contribution in [0.3, 0.4) is 0 Å². The van der Waals surface area contributed by atoms with E-state index in [0.29, 0.717) is 18.5 Å². The summed E-state index contributed by atoms with van der Waals surface area (Å²) in [5.41, 5.74) is 5.48. The average molecular weight is 227 g/mol. The summed E-state index contributed by atoms with van der Waals surface area (Å²) in [6, 6.07) is 9.43. The second kappa shape index (κ2) is 4.71. The van der Waals surface area contributed by atoms with E-state index in [4.69, 9.17) is 5.26 Å². The zero-order valence-electron chi connectivity index (χ0n) is 9.60. The zero-order valence-corrected chi connectivity index (χ0v) is 9.60. The average Bonchev–Trinajstić information content (AvgIpc) is 2.39. The molecule has 4 heteroatoms. The van der Waals surface area contributed by atoms with E-state index in [2.05, 4.69) is 11.5 Å². The molecule has 0 radical (unpaired) electrons. The maximum Gasteiger partial charge on any atom is 0.244 e. The van der Waals surface area contributed by atoms with Crippen molar-refractivity contribution in [1.82, 2.24) is 10.4 Å². The van der Waals surface area contributed by atoms with E-state index in [9.17, 15) is 4.79 Å². The van der Waals surface area contributed by atoms with Crippen LogP contribution in [0.2, 0.25) is 0 Å². The van der Waals surface area contributed by atoms with Gasteiger partial charge in [-0.2, -0.15) is 5.26 Å². The molecule has 1 aliphatic heterocycles. The Kier molecular flexibility index (Phi) is 3.10. The summed E-state index contributed by atoms with van der Waals surface area (Å²) in [4.78, 5) is 11.5. The van der Waals surface area contributed by atoms with Gasteiger partial charge in [-0.1, -0.05) is 12.1 Å². The van der Waals surface area contributed by atoms with Crippen molar-refractivity contribution in [2.45, 2.75) is 13.3 Å². The van der Waals surface area contributed by atoms with Gasteiger partial charge in [0, 0.05) is 18.5 Å². The normalized spacial score (nSPS) is 14.9. The third kappa shape index (κ3) is 2.28. The predicted molar refractivity (Wildman–Crippen MR) is 64.3 cm³/mol. The van der Waals surface area contributed by atoms with Crippen LogP contribution < -0.4 is 5.43 Å². The van der Waals surface area contributed by atoms with Crippen molar-refractivity contribution in [2.24, 2.45) is 0 Å². The third-order valence-electron chi connectivity index (χ3n) is 2.66. The largest absolute Gasteiger partial charge is 0.296 e. The van der Waals surface area contributed by atoms with E-state index in [1.807, 2.05) is 31.2 Å². The van der Waals surface area contributed by atoms with Gasteiger partial charge in [-0.3, -0.25) is 15.2 Å². The number of nitriles is 1. The minimum Gasteiger partial charge on any atom is -0.296 e. The van der Waals surface area contributed by atoms with E-state index in [0.717, 1.165) is 11.3 Å². The van der Waals surface area contributed by atoms with E-state index < -0.39 is 0 Å². The van der Waals surface area contributed by atoms with E-state index >= 15 is 0 Å². The molecule has 0 aliphatic carbocycles. The highest BCUT2D eigenvalue weighted by Gasteiger charge is 2.17. The summed E-state index contributed by atoms with van der Waals surface area (Å²) >= 11 is 0. The summed E-state index contributed by atoms with van der Waals surface area (Å²) in [5.74, 6) is 0.0627. The molecule has 86 valence electrons. The lowest BCUT2D eigenvalue weighted by atomic mass is 10.1. The molecule has 0 atom stereocenters. The lowest BCUT2D eigenvalue weighted by Gasteiger charge is -2.28. The van der Waals surface area contributed by atoms with Crippen molar-refractivity contribution in [3.63, 3.8) is 0 Å². The summed E-state index contributed by atoms with van der Waals surface area (Å²) < 4.78 is 0. The first-order valence-electron chi connectivity index (χ1n) is 5.52. The molecule has 0 bridgehead atoms. The molecule has 1 aromatic rings. The van der Waals surface area contributed by atoms with Gasteiger partial charge in [-0.05, 0) is 25.1 Å². The Morgan fingerprint density at radius 1 is 1.53 bits per heavy atom. The predicted octanol–water partition coefficient (Wildman–Crippen LogP) is 1.66. The summed E-state index contributed by atoms with van der Waals surface area (Å²) in [6.45, 7) is 2.54. The van der Waals surface area contributed by atoms with Crippen LogP contribution in [0.15, 0.2) is 30.3 Å². The van der Waals surface area contributed by atoms with Crippen LogP contribution >= 0.6 is 0 Å². The monoisotopic (exact) mass is 227 g/mol. The van der Waals surface area contributed by atoms with Crippen molar-refractivity contribution in [3.8, 4) is 6.07 Å². The van der Waals surface area contributed by atoms with Crippen LogP contribution in [0.25, 0.3) is 5.70 Å². The fourth-order valence-electron chi connectivity index (χ4n) is 1.75. The van der Waals surface area contributed by atoms with Gasteiger partial charge < -0.3 is 0 Å². The van der Waals surface area contributed by atoms with Gasteiger partial charge in [0.25, 0.3) is 0 Å². The fourth-order valence-corrected chi connectivity index (χ4v) is 1.75. The third-order valence-corrected chi connectivity index (χ3v) is 2.66. The SMILES string of the molecule is CCN1NC(c2cccc(C#N)c2)=CCC1=O. The van der Waals surface area contributed by atoms with Gasteiger partial charge in [0.05, 0.1) is 17.3 Å². The van der Waals surface area contributed by atoms with Crippen molar-refractivity contribution >= 4 is 11.6 Å². The number of carbonyl (C=O) groups is 1. The number of rotatable bonds is 2. The Morgan fingerprint density at radius 2 is 2.35 bits per heavy atom. The number of carbonyl (C=O) groups excluding carboxylic acids is 1. The molecule has 17 heavy (non-hydrogen) atoms. The number of hydrazine groups is 1. The molecule has 1 amide bonds. The maximum absolute atomic E-state index is 11.5. The van der Waals surface area contributed by atoms with Crippen molar-refractivity contribution in [3.05, 3.63) is 41.5 Å². The van der Waals surface area contributed by atoms with Crippen molar-refractivity contribution < 1.29 is 4.79 Å². The summed E-state index contributed by atoms with van der Waals surface area (Å²) in [5, 5.41) is 10.4. The second-order valence-electron chi connectivity index (χ2n) is 3.76. The Balaban J connectivity index is 2.29. The van der Waals surface area contributed by atoms with Crippen LogP contribution in [0, 0.1) is 11.3 Å². The molecule has 0 spiro atoms. The number of hydrogen-bond donors (Lipinski definition) is 1. The number of amides is 1. The first-order chi connectivity index (χ1) is 8.24. The lowest BCUT2D eigenvalue weighted by molar-refractivity contribution is -0.132.